The Labute approximate surface area is 177 Å². The first-order valence-electron chi connectivity index (χ1n) is 10.1. The Kier molecular flexibility index (Phi) is 5.64. The molecule has 0 radical (unpaired) electrons. The molecule has 1 aliphatic rings. The van der Waals surface area contributed by atoms with Crippen molar-refractivity contribution in [1.29, 1.82) is 0 Å². The van der Waals surface area contributed by atoms with Crippen molar-refractivity contribution in [2.75, 3.05) is 6.61 Å². The molecule has 1 saturated carbocycles. The van der Waals surface area contributed by atoms with Gasteiger partial charge in [-0.15, -0.1) is 0 Å². The number of carbonyl (C=O) groups is 1. The number of ether oxygens (including phenoxy) is 1. The van der Waals surface area contributed by atoms with E-state index in [0.717, 1.165) is 6.42 Å². The summed E-state index contributed by atoms with van der Waals surface area (Å²) in [5.74, 6) is -0.0914. The van der Waals surface area contributed by atoms with E-state index in [-0.39, 0.29) is 12.6 Å². The zero-order valence-corrected chi connectivity index (χ0v) is 19.6. The average Bonchev–Trinajstić information content (AvgIpc) is 3.48. The molecule has 146 valence electrons. The molecule has 0 N–H and O–H groups in total. The second-order valence-electron chi connectivity index (χ2n) is 7.97. The van der Waals surface area contributed by atoms with E-state index in [1.54, 1.807) is 6.08 Å². The predicted molar refractivity (Wildman–Crippen MR) is 122 cm³/mol. The molecule has 0 heterocycles. The minimum atomic E-state index is -3.49. The molecule has 0 saturated heterocycles. The van der Waals surface area contributed by atoms with Gasteiger partial charge in [0, 0.05) is 0 Å². The second kappa shape index (κ2) is 8.19. The molecule has 0 bridgehead atoms. The van der Waals surface area contributed by atoms with Crippen LogP contribution in [0.15, 0.2) is 104 Å². The van der Waals surface area contributed by atoms with E-state index in [9.17, 15) is 4.79 Å². The molecule has 0 aromatic heterocycles. The SMILES string of the molecule is C=CCOC(=O)[C@@]1(C)C[C@@H]1[Sn]([c]1ccccc1)([c]1ccccc1)[c]1ccccc1. The van der Waals surface area contributed by atoms with Crippen molar-refractivity contribution in [3.05, 3.63) is 104 Å². The Balaban J connectivity index is 1.93. The van der Waals surface area contributed by atoms with Gasteiger partial charge in [-0.3, -0.25) is 0 Å². The summed E-state index contributed by atoms with van der Waals surface area (Å²) in [7, 11) is 0. The molecule has 3 aromatic rings. The van der Waals surface area contributed by atoms with Gasteiger partial charge >= 0.3 is 178 Å². The first-order chi connectivity index (χ1) is 14.1. The normalized spacial score (nSPS) is 20.7. The van der Waals surface area contributed by atoms with Crippen LogP contribution in [0.25, 0.3) is 0 Å². The molecule has 0 aliphatic heterocycles. The fraction of sp³-hybridized carbons (Fsp3) is 0.192. The van der Waals surface area contributed by atoms with Gasteiger partial charge in [0.15, 0.2) is 0 Å². The van der Waals surface area contributed by atoms with Crippen molar-refractivity contribution >= 4 is 35.1 Å². The summed E-state index contributed by atoms with van der Waals surface area (Å²) in [4.78, 5) is 13.0. The molecule has 0 spiro atoms. The molecule has 2 nitrogen and oxygen atoms in total. The standard InChI is InChI=1S/C8H11O2.3C6H5.Sn/c1-3-6-10-7(9)8(2)4-5-8;3*1-2-4-6-5-3-1;/h3-4H,1,5-6H2,2H3;3*1-5H;/t8-;;;;/m1..../s1. The van der Waals surface area contributed by atoms with Gasteiger partial charge in [-0.2, -0.15) is 0 Å². The van der Waals surface area contributed by atoms with Crippen LogP contribution in [-0.2, 0) is 9.53 Å². The molecule has 4 rings (SSSR count). The Hall–Kier alpha value is -2.33. The molecule has 2 atom stereocenters. The topological polar surface area (TPSA) is 26.3 Å². The first-order valence-corrected chi connectivity index (χ1v) is 16.0. The summed E-state index contributed by atoms with van der Waals surface area (Å²) in [6.07, 6.45) is 2.51. The molecule has 0 amide bonds. The molecule has 0 unspecified atom stereocenters. The van der Waals surface area contributed by atoms with Crippen LogP contribution in [0.5, 0.6) is 0 Å². The van der Waals surface area contributed by atoms with Gasteiger partial charge < -0.3 is 0 Å². The van der Waals surface area contributed by atoms with Crippen molar-refractivity contribution in [2.24, 2.45) is 5.41 Å². The Morgan fingerprint density at radius 3 is 1.72 bits per heavy atom. The van der Waals surface area contributed by atoms with Crippen LogP contribution >= 0.6 is 0 Å². The summed E-state index contributed by atoms with van der Waals surface area (Å²) in [6.45, 7) is 6.04. The van der Waals surface area contributed by atoms with Gasteiger partial charge in [0.1, 0.15) is 0 Å². The summed E-state index contributed by atoms with van der Waals surface area (Å²) >= 11 is -3.49. The third-order valence-electron chi connectivity index (χ3n) is 6.25. The van der Waals surface area contributed by atoms with Crippen LogP contribution in [0.2, 0.25) is 3.93 Å². The summed E-state index contributed by atoms with van der Waals surface area (Å²) in [6, 6.07) is 32.6. The van der Waals surface area contributed by atoms with Crippen LogP contribution in [0.3, 0.4) is 0 Å². The maximum atomic E-state index is 13.0. The monoisotopic (exact) mass is 490 g/mol. The van der Waals surface area contributed by atoms with Gasteiger partial charge in [0.25, 0.3) is 0 Å². The third-order valence-corrected chi connectivity index (χ3v) is 22.3. The minimum absolute atomic E-state index is 0.0914. The quantitative estimate of drug-likeness (QED) is 0.288. The summed E-state index contributed by atoms with van der Waals surface area (Å²) in [5, 5.41) is 0. The number of esters is 1. The van der Waals surface area contributed by atoms with Gasteiger partial charge in [-0.25, -0.2) is 0 Å². The van der Waals surface area contributed by atoms with Gasteiger partial charge in [0.05, 0.1) is 0 Å². The predicted octanol–water partition coefficient (Wildman–Crippen LogP) is 3.67. The van der Waals surface area contributed by atoms with Crippen molar-refractivity contribution in [2.45, 2.75) is 17.3 Å². The third kappa shape index (κ3) is 3.44. The van der Waals surface area contributed by atoms with E-state index in [1.807, 2.05) is 0 Å². The van der Waals surface area contributed by atoms with Gasteiger partial charge in [0.2, 0.25) is 0 Å². The van der Waals surface area contributed by atoms with Crippen molar-refractivity contribution in [3.63, 3.8) is 0 Å². The summed E-state index contributed by atoms with van der Waals surface area (Å²) in [5.41, 5.74) is -0.444. The van der Waals surface area contributed by atoms with Gasteiger partial charge in [-0.05, 0) is 0 Å². The number of carbonyl (C=O) groups excluding carboxylic acids is 1. The van der Waals surface area contributed by atoms with Crippen molar-refractivity contribution in [1.82, 2.24) is 0 Å². The molecule has 3 aromatic carbocycles. The Morgan fingerprint density at radius 1 is 0.931 bits per heavy atom. The Morgan fingerprint density at radius 2 is 1.34 bits per heavy atom. The zero-order valence-electron chi connectivity index (χ0n) is 16.8. The number of rotatable bonds is 7. The van der Waals surface area contributed by atoms with E-state index < -0.39 is 23.8 Å². The molecule has 29 heavy (non-hydrogen) atoms. The van der Waals surface area contributed by atoms with Crippen molar-refractivity contribution in [3.8, 4) is 0 Å². The first kappa shape index (κ1) is 20.0. The van der Waals surface area contributed by atoms with E-state index in [0.29, 0.717) is 3.93 Å². The molecule has 1 fully saturated rings. The average molecular weight is 489 g/mol. The van der Waals surface area contributed by atoms with E-state index in [1.165, 1.54) is 10.7 Å². The fourth-order valence-electron chi connectivity index (χ4n) is 4.73. The number of hydrogen-bond donors (Lipinski definition) is 0. The Bertz CT molecular complexity index is 888. The van der Waals surface area contributed by atoms with E-state index in [4.69, 9.17) is 4.74 Å². The van der Waals surface area contributed by atoms with E-state index in [2.05, 4.69) is 104 Å². The van der Waals surface area contributed by atoms with E-state index >= 15 is 0 Å². The van der Waals surface area contributed by atoms with Gasteiger partial charge in [-0.1, -0.05) is 0 Å². The molecular weight excluding hydrogens is 463 g/mol. The van der Waals surface area contributed by atoms with Crippen LogP contribution in [0.4, 0.5) is 0 Å². The molecular formula is C26H26O2Sn. The van der Waals surface area contributed by atoms with Crippen LogP contribution in [-0.4, -0.2) is 31.0 Å². The van der Waals surface area contributed by atoms with Crippen LogP contribution < -0.4 is 10.7 Å². The zero-order chi connectivity index (χ0) is 20.3. The summed E-state index contributed by atoms with van der Waals surface area (Å²) < 4.78 is 10.1. The molecule has 3 heteroatoms. The molecule has 1 aliphatic carbocycles. The fourth-order valence-corrected chi connectivity index (χ4v) is 22.3. The second-order valence-corrected chi connectivity index (χ2v) is 19.5. The van der Waals surface area contributed by atoms with Crippen LogP contribution in [0, 0.1) is 5.41 Å². The number of benzene rings is 3. The van der Waals surface area contributed by atoms with Crippen LogP contribution in [0.1, 0.15) is 13.3 Å². The number of hydrogen-bond acceptors (Lipinski definition) is 2. The maximum absolute atomic E-state index is 13.0. The van der Waals surface area contributed by atoms with Crippen molar-refractivity contribution < 1.29 is 9.53 Å².